The lowest BCUT2D eigenvalue weighted by Gasteiger charge is -1.99. The van der Waals surface area contributed by atoms with E-state index in [2.05, 4.69) is 10.2 Å². The fourth-order valence-corrected chi connectivity index (χ4v) is 0.420. The van der Waals surface area contributed by atoms with Crippen molar-refractivity contribution >= 4 is 18.2 Å². The van der Waals surface area contributed by atoms with Crippen molar-refractivity contribution in [2.45, 2.75) is 6.92 Å². The molecule has 1 atom stereocenters. The second-order valence-corrected chi connectivity index (χ2v) is 1.70. The van der Waals surface area contributed by atoms with Crippen LogP contribution in [-0.2, 0) is 4.79 Å². The second-order valence-electron chi connectivity index (χ2n) is 1.70. The highest BCUT2D eigenvalue weighted by atomic mass is 16.1. The highest BCUT2D eigenvalue weighted by Gasteiger charge is 2.09. The molecule has 0 saturated carbocycles. The third-order valence-electron chi connectivity index (χ3n) is 0.991. The van der Waals surface area contributed by atoms with Gasteiger partial charge in [-0.15, -0.1) is 0 Å². The second kappa shape index (κ2) is 1.86. The minimum Gasteiger partial charge on any atom is -0.292 e. The SMILES string of the molecule is CC1C=NN=CC1=O. The van der Waals surface area contributed by atoms with Crippen molar-refractivity contribution in [2.24, 2.45) is 16.1 Å². The van der Waals surface area contributed by atoms with Crippen LogP contribution in [0.1, 0.15) is 6.92 Å². The Morgan fingerprint density at radius 3 is 2.75 bits per heavy atom. The number of ketones is 1. The van der Waals surface area contributed by atoms with E-state index in [0.717, 1.165) is 0 Å². The van der Waals surface area contributed by atoms with Crippen molar-refractivity contribution in [1.82, 2.24) is 0 Å². The van der Waals surface area contributed by atoms with Gasteiger partial charge in [-0.2, -0.15) is 10.2 Å². The van der Waals surface area contributed by atoms with Gasteiger partial charge in [-0.05, 0) is 6.92 Å². The highest BCUT2D eigenvalue weighted by Crippen LogP contribution is 1.94. The Morgan fingerprint density at radius 1 is 1.62 bits per heavy atom. The minimum absolute atomic E-state index is 0.0278. The normalized spacial score (nSPS) is 26.6. The Hall–Kier alpha value is -0.990. The molecule has 0 radical (unpaired) electrons. The molecule has 8 heavy (non-hydrogen) atoms. The summed E-state index contributed by atoms with van der Waals surface area (Å²) in [7, 11) is 0. The Morgan fingerprint density at radius 2 is 2.38 bits per heavy atom. The zero-order valence-corrected chi connectivity index (χ0v) is 4.53. The van der Waals surface area contributed by atoms with Gasteiger partial charge in [0.15, 0.2) is 5.78 Å². The number of hydrogen-bond acceptors (Lipinski definition) is 3. The first kappa shape index (κ1) is 5.15. The molecule has 0 N–H and O–H groups in total. The number of carbonyl (C=O) groups is 1. The van der Waals surface area contributed by atoms with Crippen LogP contribution in [0.15, 0.2) is 10.2 Å². The summed E-state index contributed by atoms with van der Waals surface area (Å²) in [6, 6.07) is 0. The summed E-state index contributed by atoms with van der Waals surface area (Å²) in [5.41, 5.74) is 0. The van der Waals surface area contributed by atoms with Crippen molar-refractivity contribution < 1.29 is 4.79 Å². The molecule has 42 valence electrons. The van der Waals surface area contributed by atoms with Crippen LogP contribution in [0.4, 0.5) is 0 Å². The fourth-order valence-electron chi connectivity index (χ4n) is 0.420. The maximum absolute atomic E-state index is 10.6. The Balaban J connectivity index is 2.74. The zero-order chi connectivity index (χ0) is 5.98. The van der Waals surface area contributed by atoms with E-state index in [0.29, 0.717) is 0 Å². The Labute approximate surface area is 47.1 Å². The summed E-state index contributed by atoms with van der Waals surface area (Å²) in [5.74, 6) is -0.0486. The van der Waals surface area contributed by atoms with Crippen LogP contribution in [0.3, 0.4) is 0 Å². The van der Waals surface area contributed by atoms with E-state index in [1.807, 2.05) is 0 Å². The van der Waals surface area contributed by atoms with E-state index in [4.69, 9.17) is 0 Å². The molecule has 0 saturated heterocycles. The zero-order valence-electron chi connectivity index (χ0n) is 4.53. The van der Waals surface area contributed by atoms with Gasteiger partial charge in [-0.1, -0.05) is 0 Å². The maximum Gasteiger partial charge on any atom is 0.183 e. The van der Waals surface area contributed by atoms with E-state index in [1.165, 1.54) is 12.4 Å². The highest BCUT2D eigenvalue weighted by molar-refractivity contribution is 6.32. The Kier molecular flexibility index (Phi) is 1.20. The van der Waals surface area contributed by atoms with E-state index in [1.54, 1.807) is 6.92 Å². The van der Waals surface area contributed by atoms with E-state index < -0.39 is 0 Å². The van der Waals surface area contributed by atoms with Crippen LogP contribution >= 0.6 is 0 Å². The summed E-state index contributed by atoms with van der Waals surface area (Å²) >= 11 is 0. The third-order valence-corrected chi connectivity index (χ3v) is 0.991. The summed E-state index contributed by atoms with van der Waals surface area (Å²) in [4.78, 5) is 10.6. The third kappa shape index (κ3) is 0.804. The van der Waals surface area contributed by atoms with Gasteiger partial charge < -0.3 is 0 Å². The van der Waals surface area contributed by atoms with Crippen molar-refractivity contribution in [1.29, 1.82) is 0 Å². The number of Topliss-reactive ketones (excluding diaryl/α,β-unsaturated/α-hetero) is 1. The molecule has 0 spiro atoms. The first-order valence-corrected chi connectivity index (χ1v) is 2.41. The standard InChI is InChI=1S/C5H6N2O/c1-4-2-6-7-3-5(4)8/h2-4H,1H3. The lowest BCUT2D eigenvalue weighted by Crippen LogP contribution is -2.15. The molecule has 0 aliphatic carbocycles. The summed E-state index contributed by atoms with van der Waals surface area (Å²) < 4.78 is 0. The molecule has 1 heterocycles. The largest absolute Gasteiger partial charge is 0.292 e. The van der Waals surface area contributed by atoms with Crippen LogP contribution in [0, 0.1) is 5.92 Å². The van der Waals surface area contributed by atoms with Gasteiger partial charge in [0.1, 0.15) is 0 Å². The van der Waals surface area contributed by atoms with Gasteiger partial charge in [0, 0.05) is 6.21 Å². The van der Waals surface area contributed by atoms with E-state index in [-0.39, 0.29) is 11.7 Å². The molecule has 0 aromatic carbocycles. The Bertz CT molecular complexity index is 160. The van der Waals surface area contributed by atoms with Crippen LogP contribution in [-0.4, -0.2) is 18.2 Å². The average molecular weight is 110 g/mol. The quantitative estimate of drug-likeness (QED) is 0.441. The predicted molar refractivity (Wildman–Crippen MR) is 31.2 cm³/mol. The van der Waals surface area contributed by atoms with E-state index in [9.17, 15) is 4.79 Å². The topological polar surface area (TPSA) is 41.8 Å². The van der Waals surface area contributed by atoms with Crippen LogP contribution in [0.2, 0.25) is 0 Å². The molecular weight excluding hydrogens is 104 g/mol. The monoisotopic (exact) mass is 110 g/mol. The molecule has 1 aliphatic rings. The molecule has 0 aromatic heterocycles. The van der Waals surface area contributed by atoms with Gasteiger partial charge in [0.25, 0.3) is 0 Å². The van der Waals surface area contributed by atoms with Gasteiger partial charge in [-0.25, -0.2) is 0 Å². The predicted octanol–water partition coefficient (Wildman–Crippen LogP) is 0.262. The van der Waals surface area contributed by atoms with Crippen molar-refractivity contribution in [3.05, 3.63) is 0 Å². The molecule has 3 heteroatoms. The number of nitrogens with zero attached hydrogens (tertiary/aromatic N) is 2. The van der Waals surface area contributed by atoms with Gasteiger partial charge >= 0.3 is 0 Å². The van der Waals surface area contributed by atoms with Gasteiger partial charge in [0.2, 0.25) is 0 Å². The molecule has 0 amide bonds. The van der Waals surface area contributed by atoms with Crippen LogP contribution < -0.4 is 0 Å². The van der Waals surface area contributed by atoms with Crippen LogP contribution in [0.5, 0.6) is 0 Å². The summed E-state index contributed by atoms with van der Waals surface area (Å²) in [6.07, 6.45) is 2.77. The molecule has 1 aliphatic heterocycles. The van der Waals surface area contributed by atoms with E-state index >= 15 is 0 Å². The molecule has 0 fully saturated rings. The molecule has 3 nitrogen and oxygen atoms in total. The summed E-state index contributed by atoms with van der Waals surface area (Å²) in [6.45, 7) is 1.79. The minimum atomic E-state index is -0.0764. The molecule has 1 rings (SSSR count). The lowest BCUT2D eigenvalue weighted by molar-refractivity contribution is -0.113. The lowest BCUT2D eigenvalue weighted by atomic mass is 10.1. The number of hydrogen-bond donors (Lipinski definition) is 0. The molecule has 0 aromatic rings. The fraction of sp³-hybridized carbons (Fsp3) is 0.400. The van der Waals surface area contributed by atoms with Gasteiger partial charge in [-0.3, -0.25) is 4.79 Å². The number of carbonyl (C=O) groups excluding carboxylic acids is 1. The van der Waals surface area contributed by atoms with Crippen LogP contribution in [0.25, 0.3) is 0 Å². The van der Waals surface area contributed by atoms with Crippen molar-refractivity contribution in [3.8, 4) is 0 Å². The molecular formula is C5H6N2O. The summed E-state index contributed by atoms with van der Waals surface area (Å²) in [5, 5.41) is 6.94. The van der Waals surface area contributed by atoms with Crippen molar-refractivity contribution in [2.75, 3.05) is 0 Å². The maximum atomic E-state index is 10.6. The molecule has 0 bridgehead atoms. The van der Waals surface area contributed by atoms with Gasteiger partial charge in [0.05, 0.1) is 12.1 Å². The average Bonchev–Trinajstić information content (AvgIpc) is 1.77. The first-order valence-electron chi connectivity index (χ1n) is 2.41. The number of rotatable bonds is 0. The molecule has 1 unspecified atom stereocenters. The van der Waals surface area contributed by atoms with Crippen molar-refractivity contribution in [3.63, 3.8) is 0 Å². The smallest absolute Gasteiger partial charge is 0.183 e. The first-order chi connectivity index (χ1) is 3.80.